The monoisotopic (exact) mass is 315 g/mol. The SMILES string of the molecule is CN=C(NCCCOCCOC)NCc1cc(F)ccc1F. The van der Waals surface area contributed by atoms with E-state index in [-0.39, 0.29) is 12.1 Å². The molecule has 1 rings (SSSR count). The number of hydrogen-bond acceptors (Lipinski definition) is 3. The van der Waals surface area contributed by atoms with E-state index in [4.69, 9.17) is 9.47 Å². The molecule has 0 bridgehead atoms. The van der Waals surface area contributed by atoms with Crippen molar-refractivity contribution in [2.75, 3.05) is 40.5 Å². The molecule has 1 aromatic carbocycles. The first-order valence-corrected chi connectivity index (χ1v) is 7.12. The van der Waals surface area contributed by atoms with Crippen molar-refractivity contribution < 1.29 is 18.3 Å². The highest BCUT2D eigenvalue weighted by Crippen LogP contribution is 2.08. The smallest absolute Gasteiger partial charge is 0.191 e. The highest BCUT2D eigenvalue weighted by molar-refractivity contribution is 5.79. The molecule has 0 saturated carbocycles. The van der Waals surface area contributed by atoms with Crippen LogP contribution in [0.4, 0.5) is 8.78 Å². The summed E-state index contributed by atoms with van der Waals surface area (Å²) in [6.07, 6.45) is 0.804. The van der Waals surface area contributed by atoms with Crippen LogP contribution in [0.2, 0.25) is 0 Å². The second kappa shape index (κ2) is 10.9. The highest BCUT2D eigenvalue weighted by Gasteiger charge is 2.05. The molecule has 2 N–H and O–H groups in total. The molecule has 0 aliphatic heterocycles. The zero-order chi connectivity index (χ0) is 16.2. The van der Waals surface area contributed by atoms with Crippen molar-refractivity contribution in [1.29, 1.82) is 0 Å². The Bertz CT molecular complexity index is 470. The van der Waals surface area contributed by atoms with E-state index in [0.717, 1.165) is 18.6 Å². The van der Waals surface area contributed by atoms with Gasteiger partial charge in [-0.2, -0.15) is 0 Å². The third-order valence-corrected chi connectivity index (χ3v) is 2.87. The lowest BCUT2D eigenvalue weighted by atomic mass is 10.2. The number of aliphatic imine (C=N–C) groups is 1. The topological polar surface area (TPSA) is 54.9 Å². The number of ether oxygens (including phenoxy) is 2. The Balaban J connectivity index is 2.24. The third kappa shape index (κ3) is 7.33. The number of halogens is 2. The standard InChI is InChI=1S/C15H23F2N3O2/c1-18-15(19-6-3-7-22-9-8-21-2)20-11-12-10-13(16)4-5-14(12)17/h4-5,10H,3,6-9,11H2,1-2H3,(H2,18,19,20). The van der Waals surface area contributed by atoms with E-state index in [2.05, 4.69) is 15.6 Å². The summed E-state index contributed by atoms with van der Waals surface area (Å²) in [6, 6.07) is 3.37. The molecule has 0 aromatic heterocycles. The lowest BCUT2D eigenvalue weighted by Crippen LogP contribution is -2.37. The number of nitrogens with one attached hydrogen (secondary N) is 2. The number of guanidine groups is 1. The molecule has 22 heavy (non-hydrogen) atoms. The number of methoxy groups -OCH3 is 1. The van der Waals surface area contributed by atoms with Gasteiger partial charge in [-0.25, -0.2) is 8.78 Å². The summed E-state index contributed by atoms with van der Waals surface area (Å²) in [4.78, 5) is 4.02. The number of nitrogens with zero attached hydrogens (tertiary/aromatic N) is 1. The van der Waals surface area contributed by atoms with Crippen molar-refractivity contribution in [3.8, 4) is 0 Å². The van der Waals surface area contributed by atoms with Gasteiger partial charge in [0, 0.05) is 39.4 Å². The molecule has 5 nitrogen and oxygen atoms in total. The summed E-state index contributed by atoms with van der Waals surface area (Å²) in [5.74, 6) is -0.384. The van der Waals surface area contributed by atoms with Crippen LogP contribution in [-0.2, 0) is 16.0 Å². The van der Waals surface area contributed by atoms with Gasteiger partial charge in [0.1, 0.15) is 11.6 Å². The zero-order valence-corrected chi connectivity index (χ0v) is 13.0. The first-order valence-electron chi connectivity index (χ1n) is 7.12. The Kier molecular flexibility index (Phi) is 9.09. The van der Waals surface area contributed by atoms with Crippen LogP contribution in [0, 0.1) is 11.6 Å². The average molecular weight is 315 g/mol. The second-order valence-corrected chi connectivity index (χ2v) is 4.55. The molecule has 0 fully saturated rings. The van der Waals surface area contributed by atoms with Gasteiger partial charge in [-0.15, -0.1) is 0 Å². The Hall–Kier alpha value is -1.73. The minimum Gasteiger partial charge on any atom is -0.382 e. The molecular formula is C15H23F2N3O2. The van der Waals surface area contributed by atoms with E-state index in [9.17, 15) is 8.78 Å². The van der Waals surface area contributed by atoms with E-state index in [0.29, 0.717) is 32.3 Å². The van der Waals surface area contributed by atoms with Crippen LogP contribution < -0.4 is 10.6 Å². The molecule has 0 unspecified atom stereocenters. The van der Waals surface area contributed by atoms with Crippen molar-refractivity contribution in [2.45, 2.75) is 13.0 Å². The Labute approximate surface area is 129 Å². The molecule has 0 amide bonds. The average Bonchev–Trinajstić information content (AvgIpc) is 2.52. The van der Waals surface area contributed by atoms with E-state index < -0.39 is 11.6 Å². The predicted octanol–water partition coefficient (Wildman–Crippen LogP) is 1.68. The summed E-state index contributed by atoms with van der Waals surface area (Å²) < 4.78 is 36.8. The van der Waals surface area contributed by atoms with Gasteiger partial charge in [0.15, 0.2) is 5.96 Å². The quantitative estimate of drug-likeness (QED) is 0.414. The lowest BCUT2D eigenvalue weighted by molar-refractivity contribution is 0.0698. The van der Waals surface area contributed by atoms with Crippen LogP contribution in [0.15, 0.2) is 23.2 Å². The Morgan fingerprint density at radius 3 is 2.73 bits per heavy atom. The fourth-order valence-corrected chi connectivity index (χ4v) is 1.70. The number of hydrogen-bond donors (Lipinski definition) is 2. The summed E-state index contributed by atoms with van der Waals surface area (Å²) in [6.45, 7) is 2.59. The largest absolute Gasteiger partial charge is 0.382 e. The maximum atomic E-state index is 13.5. The van der Waals surface area contributed by atoms with Crippen LogP contribution in [0.3, 0.4) is 0 Å². The second-order valence-electron chi connectivity index (χ2n) is 4.55. The normalized spacial score (nSPS) is 11.5. The van der Waals surface area contributed by atoms with Crippen molar-refractivity contribution >= 4 is 5.96 Å². The fourth-order valence-electron chi connectivity index (χ4n) is 1.70. The van der Waals surface area contributed by atoms with Crippen molar-refractivity contribution in [3.05, 3.63) is 35.4 Å². The molecule has 0 atom stereocenters. The van der Waals surface area contributed by atoms with Crippen LogP contribution in [0.5, 0.6) is 0 Å². The van der Waals surface area contributed by atoms with Crippen LogP contribution >= 0.6 is 0 Å². The van der Waals surface area contributed by atoms with Gasteiger partial charge < -0.3 is 20.1 Å². The van der Waals surface area contributed by atoms with Crippen LogP contribution in [-0.4, -0.2) is 46.5 Å². The highest BCUT2D eigenvalue weighted by atomic mass is 19.1. The summed E-state index contributed by atoms with van der Waals surface area (Å²) in [5.41, 5.74) is 0.255. The maximum absolute atomic E-state index is 13.5. The molecule has 0 aliphatic rings. The minimum atomic E-state index is -0.464. The van der Waals surface area contributed by atoms with Gasteiger partial charge >= 0.3 is 0 Å². The van der Waals surface area contributed by atoms with Gasteiger partial charge in [-0.1, -0.05) is 0 Å². The first kappa shape index (κ1) is 18.3. The van der Waals surface area contributed by atoms with Gasteiger partial charge in [0.2, 0.25) is 0 Å². The molecular weight excluding hydrogens is 292 g/mol. The van der Waals surface area contributed by atoms with Gasteiger partial charge in [0.25, 0.3) is 0 Å². The van der Waals surface area contributed by atoms with E-state index >= 15 is 0 Å². The van der Waals surface area contributed by atoms with Gasteiger partial charge in [-0.3, -0.25) is 4.99 Å². The summed E-state index contributed by atoms with van der Waals surface area (Å²) in [5, 5.41) is 6.01. The molecule has 0 heterocycles. The summed E-state index contributed by atoms with van der Waals surface area (Å²) >= 11 is 0. The van der Waals surface area contributed by atoms with E-state index in [1.54, 1.807) is 14.2 Å². The molecule has 0 saturated heterocycles. The molecule has 0 aliphatic carbocycles. The Morgan fingerprint density at radius 1 is 1.18 bits per heavy atom. The third-order valence-electron chi connectivity index (χ3n) is 2.87. The minimum absolute atomic E-state index is 0.160. The molecule has 0 radical (unpaired) electrons. The molecule has 7 heteroatoms. The molecule has 0 spiro atoms. The first-order chi connectivity index (χ1) is 10.7. The summed E-state index contributed by atoms with van der Waals surface area (Å²) in [7, 11) is 3.24. The van der Waals surface area contributed by atoms with Crippen molar-refractivity contribution in [2.24, 2.45) is 4.99 Å². The van der Waals surface area contributed by atoms with Crippen molar-refractivity contribution in [1.82, 2.24) is 10.6 Å². The Morgan fingerprint density at radius 2 is 2.00 bits per heavy atom. The maximum Gasteiger partial charge on any atom is 0.191 e. The van der Waals surface area contributed by atoms with Crippen LogP contribution in [0.1, 0.15) is 12.0 Å². The zero-order valence-electron chi connectivity index (χ0n) is 13.0. The lowest BCUT2D eigenvalue weighted by Gasteiger charge is -2.12. The predicted molar refractivity (Wildman–Crippen MR) is 81.9 cm³/mol. The van der Waals surface area contributed by atoms with Gasteiger partial charge in [0.05, 0.1) is 13.2 Å². The fraction of sp³-hybridized carbons (Fsp3) is 0.533. The number of benzene rings is 1. The van der Waals surface area contributed by atoms with Crippen LogP contribution in [0.25, 0.3) is 0 Å². The molecule has 1 aromatic rings. The van der Waals surface area contributed by atoms with E-state index in [1.165, 1.54) is 6.07 Å². The molecule has 124 valence electrons. The van der Waals surface area contributed by atoms with Crippen molar-refractivity contribution in [3.63, 3.8) is 0 Å². The van der Waals surface area contributed by atoms with E-state index in [1.807, 2.05) is 0 Å². The van der Waals surface area contributed by atoms with Gasteiger partial charge in [-0.05, 0) is 24.6 Å². The number of rotatable bonds is 9.